The lowest BCUT2D eigenvalue weighted by atomic mass is 9.94. The Bertz CT molecular complexity index is 466. The van der Waals surface area contributed by atoms with E-state index in [9.17, 15) is 0 Å². The van der Waals surface area contributed by atoms with Crippen molar-refractivity contribution >= 4 is 0 Å². The van der Waals surface area contributed by atoms with Crippen molar-refractivity contribution in [3.05, 3.63) is 29.8 Å². The summed E-state index contributed by atoms with van der Waals surface area (Å²) in [5.74, 6) is 4.07. The Morgan fingerprint density at radius 1 is 1.45 bits per heavy atom. The zero-order valence-electron chi connectivity index (χ0n) is 12.4. The normalized spacial score (nSPS) is 23.2. The maximum absolute atomic E-state index is 5.59. The molecule has 20 heavy (non-hydrogen) atoms. The van der Waals surface area contributed by atoms with Crippen LogP contribution >= 0.6 is 0 Å². The molecule has 0 spiro atoms. The molecule has 1 aliphatic rings. The molecule has 1 aromatic carbocycles. The quantitative estimate of drug-likeness (QED) is 0.831. The first-order valence-electron chi connectivity index (χ1n) is 7.27. The highest BCUT2D eigenvalue weighted by molar-refractivity contribution is 5.33. The fourth-order valence-corrected chi connectivity index (χ4v) is 2.81. The van der Waals surface area contributed by atoms with Crippen LogP contribution in [0.15, 0.2) is 24.3 Å². The van der Waals surface area contributed by atoms with Crippen LogP contribution in [-0.4, -0.2) is 37.7 Å². The number of likely N-dealkylation sites (tertiary alicyclic amines) is 1. The van der Waals surface area contributed by atoms with Crippen LogP contribution in [0.2, 0.25) is 0 Å². The molecule has 1 N–H and O–H groups in total. The van der Waals surface area contributed by atoms with E-state index in [1.54, 1.807) is 0 Å². The van der Waals surface area contributed by atoms with Gasteiger partial charge in [0.05, 0.1) is 0 Å². The van der Waals surface area contributed by atoms with Gasteiger partial charge in [0, 0.05) is 24.7 Å². The molecule has 0 saturated carbocycles. The minimum absolute atomic E-state index is 0.321. The van der Waals surface area contributed by atoms with Gasteiger partial charge in [-0.25, -0.2) is 0 Å². The lowest BCUT2D eigenvalue weighted by Crippen LogP contribution is -2.46. The van der Waals surface area contributed by atoms with Gasteiger partial charge in [-0.2, -0.15) is 0 Å². The van der Waals surface area contributed by atoms with Crippen LogP contribution in [0.3, 0.4) is 0 Å². The molecule has 0 amide bonds. The van der Waals surface area contributed by atoms with Crippen LogP contribution < -0.4 is 10.1 Å². The Morgan fingerprint density at radius 2 is 2.25 bits per heavy atom. The van der Waals surface area contributed by atoms with E-state index in [-0.39, 0.29) is 0 Å². The fraction of sp³-hybridized carbons (Fsp3) is 0.529. The van der Waals surface area contributed by atoms with Crippen LogP contribution in [0.25, 0.3) is 0 Å². The third-order valence-electron chi connectivity index (χ3n) is 3.95. The van der Waals surface area contributed by atoms with E-state index in [1.165, 1.54) is 12.0 Å². The van der Waals surface area contributed by atoms with Gasteiger partial charge in [-0.1, -0.05) is 31.0 Å². The summed E-state index contributed by atoms with van der Waals surface area (Å²) >= 11 is 0. The van der Waals surface area contributed by atoms with Crippen LogP contribution in [0, 0.1) is 18.3 Å². The van der Waals surface area contributed by atoms with Crippen molar-refractivity contribution in [1.29, 1.82) is 0 Å². The molecule has 0 bridgehead atoms. The van der Waals surface area contributed by atoms with E-state index >= 15 is 0 Å². The first-order chi connectivity index (χ1) is 9.70. The summed E-state index contributed by atoms with van der Waals surface area (Å²) in [6, 6.07) is 8.67. The summed E-state index contributed by atoms with van der Waals surface area (Å²) in [7, 11) is 2.19. The highest BCUT2D eigenvalue weighted by Gasteiger charge is 2.23. The summed E-state index contributed by atoms with van der Waals surface area (Å²) in [5, 5.41) is 3.67. The summed E-state index contributed by atoms with van der Waals surface area (Å²) in [6.07, 6.45) is 6.45. The molecule has 1 heterocycles. The number of nitrogens with one attached hydrogen (secondary N) is 1. The van der Waals surface area contributed by atoms with E-state index in [1.807, 2.05) is 18.2 Å². The van der Waals surface area contributed by atoms with Crippen LogP contribution in [-0.2, 0) is 6.54 Å². The predicted molar refractivity (Wildman–Crippen MR) is 82.7 cm³/mol. The second-order valence-electron chi connectivity index (χ2n) is 5.62. The molecule has 1 aliphatic heterocycles. The van der Waals surface area contributed by atoms with Crippen molar-refractivity contribution in [3.63, 3.8) is 0 Å². The first-order valence-corrected chi connectivity index (χ1v) is 7.27. The van der Waals surface area contributed by atoms with Crippen molar-refractivity contribution in [2.45, 2.75) is 25.9 Å². The Kier molecular flexibility index (Phi) is 5.46. The Labute approximate surface area is 122 Å². The van der Waals surface area contributed by atoms with Crippen LogP contribution in [0.1, 0.15) is 18.9 Å². The molecule has 0 radical (unpaired) electrons. The van der Waals surface area contributed by atoms with Gasteiger partial charge in [0.1, 0.15) is 12.4 Å². The van der Waals surface area contributed by atoms with Crippen molar-refractivity contribution < 1.29 is 4.74 Å². The number of nitrogens with zero attached hydrogens (tertiary/aromatic N) is 1. The van der Waals surface area contributed by atoms with E-state index < -0.39 is 0 Å². The molecular weight excluding hydrogens is 248 g/mol. The van der Waals surface area contributed by atoms with Gasteiger partial charge in [0.25, 0.3) is 0 Å². The molecule has 3 nitrogen and oxygen atoms in total. The van der Waals surface area contributed by atoms with Crippen molar-refractivity contribution in [2.75, 3.05) is 26.7 Å². The highest BCUT2D eigenvalue weighted by Crippen LogP contribution is 2.20. The monoisotopic (exact) mass is 272 g/mol. The fourth-order valence-electron chi connectivity index (χ4n) is 2.81. The van der Waals surface area contributed by atoms with E-state index in [4.69, 9.17) is 11.2 Å². The topological polar surface area (TPSA) is 24.5 Å². The summed E-state index contributed by atoms with van der Waals surface area (Å²) < 4.78 is 5.59. The Morgan fingerprint density at radius 3 is 3.00 bits per heavy atom. The average molecular weight is 272 g/mol. The molecule has 108 valence electrons. The number of terminal acetylenes is 1. The van der Waals surface area contributed by atoms with Crippen LogP contribution in [0.5, 0.6) is 5.75 Å². The van der Waals surface area contributed by atoms with E-state index in [0.717, 1.165) is 25.4 Å². The molecular formula is C17H24N2O. The van der Waals surface area contributed by atoms with Gasteiger partial charge in [0.15, 0.2) is 0 Å². The van der Waals surface area contributed by atoms with Crippen LogP contribution in [0.4, 0.5) is 0 Å². The van der Waals surface area contributed by atoms with Crippen molar-refractivity contribution in [1.82, 2.24) is 10.2 Å². The lowest BCUT2D eigenvalue weighted by molar-refractivity contribution is 0.174. The number of para-hydroxylation sites is 1. The maximum atomic E-state index is 5.59. The third kappa shape index (κ3) is 4.00. The summed E-state index contributed by atoms with van der Waals surface area (Å²) in [6.45, 7) is 5.79. The molecule has 0 aliphatic carbocycles. The maximum Gasteiger partial charge on any atom is 0.148 e. The smallest absolute Gasteiger partial charge is 0.148 e. The third-order valence-corrected chi connectivity index (χ3v) is 3.95. The Hall–Kier alpha value is -1.50. The van der Waals surface area contributed by atoms with E-state index in [2.05, 4.69) is 36.2 Å². The molecule has 1 fully saturated rings. The number of benzene rings is 1. The van der Waals surface area contributed by atoms with Crippen molar-refractivity contribution in [3.8, 4) is 18.1 Å². The number of hydrogen-bond donors (Lipinski definition) is 1. The first kappa shape index (κ1) is 14.9. The predicted octanol–water partition coefficient (Wildman–Crippen LogP) is 2.13. The molecule has 1 aromatic rings. The van der Waals surface area contributed by atoms with Gasteiger partial charge in [-0.3, -0.25) is 0 Å². The number of piperidine rings is 1. The van der Waals surface area contributed by atoms with Gasteiger partial charge in [-0.05, 0) is 32.0 Å². The SMILES string of the molecule is C#CCOc1ccccc1CNC1CCN(C)CC1C. The second kappa shape index (κ2) is 7.33. The van der Waals surface area contributed by atoms with Crippen molar-refractivity contribution in [2.24, 2.45) is 5.92 Å². The summed E-state index contributed by atoms with van der Waals surface area (Å²) in [5.41, 5.74) is 1.17. The highest BCUT2D eigenvalue weighted by atomic mass is 16.5. The lowest BCUT2D eigenvalue weighted by Gasteiger charge is -2.35. The molecule has 2 unspecified atom stereocenters. The van der Waals surface area contributed by atoms with Gasteiger partial charge in [0.2, 0.25) is 0 Å². The van der Waals surface area contributed by atoms with E-state index in [0.29, 0.717) is 18.6 Å². The number of ether oxygens (including phenoxy) is 1. The molecule has 2 rings (SSSR count). The minimum Gasteiger partial charge on any atom is -0.481 e. The van der Waals surface area contributed by atoms with Gasteiger partial charge < -0.3 is 15.0 Å². The molecule has 0 aromatic heterocycles. The van der Waals surface area contributed by atoms with Gasteiger partial charge >= 0.3 is 0 Å². The zero-order chi connectivity index (χ0) is 14.4. The molecule has 2 atom stereocenters. The molecule has 3 heteroatoms. The number of hydrogen-bond acceptors (Lipinski definition) is 3. The zero-order valence-corrected chi connectivity index (χ0v) is 12.4. The number of rotatable bonds is 5. The Balaban J connectivity index is 1.92. The average Bonchev–Trinajstić information content (AvgIpc) is 2.45. The minimum atomic E-state index is 0.321. The summed E-state index contributed by atoms with van der Waals surface area (Å²) in [4.78, 5) is 2.40. The standard InChI is InChI=1S/C17H24N2O/c1-4-11-20-17-8-6-5-7-15(17)12-18-16-9-10-19(3)13-14(16)2/h1,5-8,14,16,18H,9-13H2,2-3H3. The second-order valence-corrected chi connectivity index (χ2v) is 5.62. The molecule has 1 saturated heterocycles. The largest absolute Gasteiger partial charge is 0.481 e. The van der Waals surface area contributed by atoms with Gasteiger partial charge in [-0.15, -0.1) is 6.42 Å².